The Bertz CT molecular complexity index is 438. The van der Waals surface area contributed by atoms with E-state index in [1.165, 1.54) is 17.3 Å². The van der Waals surface area contributed by atoms with Crippen LogP contribution in [-0.4, -0.2) is 49.8 Å². The molecule has 1 aromatic heterocycles. The van der Waals surface area contributed by atoms with Gasteiger partial charge in [0.1, 0.15) is 6.04 Å². The highest BCUT2D eigenvalue weighted by Crippen LogP contribution is 2.17. The summed E-state index contributed by atoms with van der Waals surface area (Å²) in [6.07, 6.45) is 4.86. The maximum atomic E-state index is 11.9. The molecule has 1 saturated heterocycles. The molecule has 0 aliphatic carbocycles. The minimum atomic E-state index is -0.989. The molecule has 0 bridgehead atoms. The fourth-order valence-corrected chi connectivity index (χ4v) is 1.90. The van der Waals surface area contributed by atoms with Crippen molar-refractivity contribution in [1.29, 1.82) is 0 Å². The monoisotopic (exact) mass is 251 g/mol. The summed E-state index contributed by atoms with van der Waals surface area (Å²) in [5, 5.41) is 18.7. The number of hydrogen-bond donors (Lipinski definition) is 2. The molecule has 1 atom stereocenters. The van der Waals surface area contributed by atoms with Gasteiger partial charge in [-0.15, -0.1) is 5.10 Å². The zero-order valence-corrected chi connectivity index (χ0v) is 9.61. The highest BCUT2D eigenvalue weighted by molar-refractivity contribution is 5.91. The van der Waals surface area contributed by atoms with Gasteiger partial charge in [0.05, 0.1) is 12.4 Å². The number of amides is 2. The number of rotatable bonds is 2. The van der Waals surface area contributed by atoms with E-state index in [0.717, 1.165) is 12.8 Å². The van der Waals surface area contributed by atoms with Crippen LogP contribution in [0, 0.1) is 0 Å². The van der Waals surface area contributed by atoms with E-state index in [0.29, 0.717) is 13.0 Å². The number of likely N-dealkylation sites (tertiary alicyclic amines) is 1. The molecule has 2 N–H and O–H groups in total. The largest absolute Gasteiger partial charge is 0.480 e. The van der Waals surface area contributed by atoms with Crippen LogP contribution in [0.5, 0.6) is 0 Å². The summed E-state index contributed by atoms with van der Waals surface area (Å²) in [6, 6.07) is -1.29. The molecular formula is C10H13N5O3. The Kier molecular flexibility index (Phi) is 3.66. The molecule has 1 fully saturated rings. The van der Waals surface area contributed by atoms with Crippen molar-refractivity contribution in [1.82, 2.24) is 20.1 Å². The predicted octanol–water partition coefficient (Wildman–Crippen LogP) is 0.343. The third kappa shape index (κ3) is 2.70. The first-order chi connectivity index (χ1) is 8.68. The molecule has 1 unspecified atom stereocenters. The lowest BCUT2D eigenvalue weighted by molar-refractivity contribution is -0.143. The molecule has 0 radical (unpaired) electrons. The van der Waals surface area contributed by atoms with Crippen molar-refractivity contribution in [3.8, 4) is 0 Å². The van der Waals surface area contributed by atoms with Crippen LogP contribution in [0.3, 0.4) is 0 Å². The van der Waals surface area contributed by atoms with Crippen molar-refractivity contribution in [2.45, 2.75) is 25.3 Å². The Morgan fingerprint density at radius 3 is 2.89 bits per heavy atom. The second kappa shape index (κ2) is 5.39. The first kappa shape index (κ1) is 12.2. The number of piperidine rings is 1. The average Bonchev–Trinajstić information content (AvgIpc) is 2.40. The SMILES string of the molecule is O=C(O)C1CCCCN1C(=O)Nc1nccnn1. The minimum absolute atomic E-state index is 0.0669. The van der Waals surface area contributed by atoms with Crippen LogP contribution in [-0.2, 0) is 4.79 Å². The topological polar surface area (TPSA) is 108 Å². The van der Waals surface area contributed by atoms with Crippen LogP contribution in [0.25, 0.3) is 0 Å². The number of aliphatic carboxylic acids is 1. The molecule has 8 heteroatoms. The second-order valence-electron chi connectivity index (χ2n) is 3.94. The quantitative estimate of drug-likeness (QED) is 0.784. The Labute approximate surface area is 103 Å². The number of carboxylic acid groups (broad SMARTS) is 1. The fourth-order valence-electron chi connectivity index (χ4n) is 1.90. The van der Waals surface area contributed by atoms with Crippen LogP contribution < -0.4 is 5.32 Å². The normalized spacial score (nSPS) is 19.3. The van der Waals surface area contributed by atoms with E-state index < -0.39 is 18.0 Å². The smallest absolute Gasteiger partial charge is 0.326 e. The van der Waals surface area contributed by atoms with Crippen LogP contribution in [0.15, 0.2) is 12.4 Å². The summed E-state index contributed by atoms with van der Waals surface area (Å²) in [5.41, 5.74) is 0. The van der Waals surface area contributed by atoms with Gasteiger partial charge in [-0.3, -0.25) is 5.32 Å². The fraction of sp³-hybridized carbons (Fsp3) is 0.500. The molecule has 2 amide bonds. The molecule has 8 nitrogen and oxygen atoms in total. The number of carboxylic acids is 1. The van der Waals surface area contributed by atoms with Gasteiger partial charge in [0.25, 0.3) is 5.95 Å². The first-order valence-electron chi connectivity index (χ1n) is 5.62. The molecule has 0 aromatic carbocycles. The Morgan fingerprint density at radius 1 is 1.39 bits per heavy atom. The highest BCUT2D eigenvalue weighted by atomic mass is 16.4. The minimum Gasteiger partial charge on any atom is -0.480 e. The number of nitrogens with zero attached hydrogens (tertiary/aromatic N) is 4. The molecule has 1 aliphatic heterocycles. The maximum absolute atomic E-state index is 11.9. The number of anilines is 1. The Hall–Kier alpha value is -2.25. The van der Waals surface area contributed by atoms with Crippen LogP contribution in [0.2, 0.25) is 0 Å². The van der Waals surface area contributed by atoms with Crippen molar-refractivity contribution >= 4 is 17.9 Å². The lowest BCUT2D eigenvalue weighted by atomic mass is 10.0. The van der Waals surface area contributed by atoms with E-state index >= 15 is 0 Å². The summed E-state index contributed by atoms with van der Waals surface area (Å²) >= 11 is 0. The number of aromatic nitrogens is 3. The molecule has 0 spiro atoms. The van der Waals surface area contributed by atoms with Gasteiger partial charge in [0.15, 0.2) is 0 Å². The van der Waals surface area contributed by atoms with E-state index in [1.807, 2.05) is 0 Å². The summed E-state index contributed by atoms with van der Waals surface area (Å²) in [6.45, 7) is 0.420. The lowest BCUT2D eigenvalue weighted by Gasteiger charge is -2.32. The van der Waals surface area contributed by atoms with Crippen LogP contribution in [0.1, 0.15) is 19.3 Å². The van der Waals surface area contributed by atoms with Gasteiger partial charge in [-0.05, 0) is 19.3 Å². The van der Waals surface area contributed by atoms with Crippen LogP contribution in [0.4, 0.5) is 10.7 Å². The number of carbonyl (C=O) groups is 2. The molecule has 2 rings (SSSR count). The van der Waals surface area contributed by atoms with Crippen molar-refractivity contribution in [2.24, 2.45) is 0 Å². The van der Waals surface area contributed by atoms with Crippen molar-refractivity contribution in [2.75, 3.05) is 11.9 Å². The summed E-state index contributed by atoms with van der Waals surface area (Å²) < 4.78 is 0. The second-order valence-corrected chi connectivity index (χ2v) is 3.94. The molecule has 1 aliphatic rings. The summed E-state index contributed by atoms with van der Waals surface area (Å²) in [4.78, 5) is 28.1. The summed E-state index contributed by atoms with van der Waals surface area (Å²) in [7, 11) is 0. The lowest BCUT2D eigenvalue weighted by Crippen LogP contribution is -2.49. The standard InChI is InChI=1S/C10H13N5O3/c16-8(17)7-3-1-2-6-15(7)10(18)13-9-11-4-5-12-14-9/h4-5,7H,1-3,6H2,(H,16,17)(H,11,13,14,18). The Morgan fingerprint density at radius 2 is 2.22 bits per heavy atom. The molecule has 18 heavy (non-hydrogen) atoms. The first-order valence-corrected chi connectivity index (χ1v) is 5.62. The van der Waals surface area contributed by atoms with E-state index in [4.69, 9.17) is 5.11 Å². The van der Waals surface area contributed by atoms with E-state index in [9.17, 15) is 9.59 Å². The predicted molar refractivity (Wildman–Crippen MR) is 60.8 cm³/mol. The van der Waals surface area contributed by atoms with Gasteiger partial charge < -0.3 is 10.0 Å². The molecule has 2 heterocycles. The van der Waals surface area contributed by atoms with Gasteiger partial charge in [0, 0.05) is 6.54 Å². The van der Waals surface area contributed by atoms with Gasteiger partial charge >= 0.3 is 12.0 Å². The maximum Gasteiger partial charge on any atom is 0.326 e. The summed E-state index contributed by atoms with van der Waals surface area (Å²) in [5.74, 6) is -0.922. The van der Waals surface area contributed by atoms with Gasteiger partial charge in [-0.2, -0.15) is 5.10 Å². The highest BCUT2D eigenvalue weighted by Gasteiger charge is 2.32. The third-order valence-electron chi connectivity index (χ3n) is 2.75. The molecular weight excluding hydrogens is 238 g/mol. The third-order valence-corrected chi connectivity index (χ3v) is 2.75. The molecule has 1 aromatic rings. The van der Waals surface area contributed by atoms with Gasteiger partial charge in [-0.1, -0.05) is 0 Å². The number of urea groups is 1. The zero-order chi connectivity index (χ0) is 13.0. The van der Waals surface area contributed by atoms with Crippen molar-refractivity contribution in [3.63, 3.8) is 0 Å². The average molecular weight is 251 g/mol. The van der Waals surface area contributed by atoms with Gasteiger partial charge in [0.2, 0.25) is 0 Å². The number of nitrogens with one attached hydrogen (secondary N) is 1. The van der Waals surface area contributed by atoms with Crippen molar-refractivity contribution < 1.29 is 14.7 Å². The van der Waals surface area contributed by atoms with Gasteiger partial charge in [-0.25, -0.2) is 14.6 Å². The van der Waals surface area contributed by atoms with E-state index in [1.54, 1.807) is 0 Å². The zero-order valence-electron chi connectivity index (χ0n) is 9.61. The van der Waals surface area contributed by atoms with E-state index in [2.05, 4.69) is 20.5 Å². The molecule has 96 valence electrons. The van der Waals surface area contributed by atoms with Crippen molar-refractivity contribution in [3.05, 3.63) is 12.4 Å². The molecule has 0 saturated carbocycles. The number of hydrogen-bond acceptors (Lipinski definition) is 5. The Balaban J connectivity index is 2.05. The van der Waals surface area contributed by atoms with Crippen LogP contribution >= 0.6 is 0 Å². The number of carbonyl (C=O) groups excluding carboxylic acids is 1. The van der Waals surface area contributed by atoms with E-state index in [-0.39, 0.29) is 5.95 Å².